The fourth-order valence-electron chi connectivity index (χ4n) is 5.49. The molecular formula is C33H41NO4. The smallest absolute Gasteiger partial charge is 0.333 e. The van der Waals surface area contributed by atoms with Crippen molar-refractivity contribution >= 4 is 5.97 Å². The Morgan fingerprint density at radius 1 is 0.947 bits per heavy atom. The number of carboxylic acid groups (broad SMARTS) is 1. The first-order valence-electron chi connectivity index (χ1n) is 13.8. The number of aliphatic carboxylic acids is 1. The minimum absolute atomic E-state index is 0.192. The molecule has 1 aliphatic rings. The highest BCUT2D eigenvalue weighted by atomic mass is 16.5. The van der Waals surface area contributed by atoms with Crippen LogP contribution in [0.15, 0.2) is 60.7 Å². The monoisotopic (exact) mass is 515 g/mol. The van der Waals surface area contributed by atoms with Gasteiger partial charge < -0.3 is 14.6 Å². The SMILES string of the molecule is CCCc1ccc2c(c1)CCc1ccc(CC)cc1C2N(C)CCOc1ccc(CC(OC)C(=O)O)cc1. The number of aryl methyl sites for hydroxylation is 4. The van der Waals surface area contributed by atoms with E-state index in [2.05, 4.69) is 62.2 Å². The lowest BCUT2D eigenvalue weighted by atomic mass is 9.90. The second-order valence-corrected chi connectivity index (χ2v) is 10.3. The van der Waals surface area contributed by atoms with Crippen LogP contribution in [0.1, 0.15) is 65.3 Å². The third-order valence-electron chi connectivity index (χ3n) is 7.68. The van der Waals surface area contributed by atoms with Crippen LogP contribution >= 0.6 is 0 Å². The lowest BCUT2D eigenvalue weighted by Gasteiger charge is -2.31. The molecule has 0 aliphatic heterocycles. The Kier molecular flexibility index (Phi) is 9.59. The van der Waals surface area contributed by atoms with Crippen LogP contribution in [0.25, 0.3) is 0 Å². The first-order valence-corrected chi connectivity index (χ1v) is 13.8. The van der Waals surface area contributed by atoms with Gasteiger partial charge in [-0.15, -0.1) is 0 Å². The van der Waals surface area contributed by atoms with E-state index in [0.29, 0.717) is 13.0 Å². The summed E-state index contributed by atoms with van der Waals surface area (Å²) in [6.45, 7) is 5.81. The molecule has 0 radical (unpaired) electrons. The maximum Gasteiger partial charge on any atom is 0.333 e. The number of ether oxygens (including phenoxy) is 2. The number of hydrogen-bond donors (Lipinski definition) is 1. The summed E-state index contributed by atoms with van der Waals surface area (Å²) in [7, 11) is 3.62. The number of benzene rings is 3. The van der Waals surface area contributed by atoms with E-state index in [9.17, 15) is 9.90 Å². The van der Waals surface area contributed by atoms with Gasteiger partial charge in [0.25, 0.3) is 0 Å². The highest BCUT2D eigenvalue weighted by molar-refractivity contribution is 5.72. The van der Waals surface area contributed by atoms with Gasteiger partial charge in [-0.1, -0.05) is 68.8 Å². The van der Waals surface area contributed by atoms with Crippen LogP contribution < -0.4 is 4.74 Å². The van der Waals surface area contributed by atoms with Gasteiger partial charge in [-0.05, 0) is 83.8 Å². The molecule has 3 aromatic carbocycles. The molecule has 4 rings (SSSR count). The molecule has 1 N–H and O–H groups in total. The number of nitrogens with zero attached hydrogens (tertiary/aromatic N) is 1. The van der Waals surface area contributed by atoms with Gasteiger partial charge in [0, 0.05) is 20.1 Å². The fraction of sp³-hybridized carbons (Fsp3) is 0.424. The zero-order chi connectivity index (χ0) is 27.1. The lowest BCUT2D eigenvalue weighted by molar-refractivity contribution is -0.148. The van der Waals surface area contributed by atoms with Crippen molar-refractivity contribution in [2.75, 3.05) is 27.3 Å². The van der Waals surface area contributed by atoms with E-state index >= 15 is 0 Å². The number of likely N-dealkylation sites (N-methyl/N-ethyl adjacent to an activating group) is 1. The van der Waals surface area contributed by atoms with Crippen molar-refractivity contribution in [3.05, 3.63) is 99.6 Å². The predicted octanol–water partition coefficient (Wildman–Crippen LogP) is 6.04. The van der Waals surface area contributed by atoms with Crippen molar-refractivity contribution in [2.24, 2.45) is 0 Å². The fourth-order valence-corrected chi connectivity index (χ4v) is 5.49. The van der Waals surface area contributed by atoms with E-state index in [1.807, 2.05) is 24.3 Å². The largest absolute Gasteiger partial charge is 0.492 e. The number of methoxy groups -OCH3 is 1. The van der Waals surface area contributed by atoms with E-state index in [1.54, 1.807) is 0 Å². The first-order chi connectivity index (χ1) is 18.4. The van der Waals surface area contributed by atoms with Gasteiger partial charge in [-0.25, -0.2) is 4.79 Å². The predicted molar refractivity (Wildman–Crippen MR) is 152 cm³/mol. The van der Waals surface area contributed by atoms with Gasteiger partial charge in [-0.2, -0.15) is 0 Å². The van der Waals surface area contributed by atoms with Crippen molar-refractivity contribution in [2.45, 2.75) is 64.5 Å². The van der Waals surface area contributed by atoms with Crippen LogP contribution in [0.2, 0.25) is 0 Å². The molecule has 5 heteroatoms. The van der Waals surface area contributed by atoms with Crippen molar-refractivity contribution in [1.29, 1.82) is 0 Å². The summed E-state index contributed by atoms with van der Waals surface area (Å²) in [5, 5.41) is 9.22. The van der Waals surface area contributed by atoms with Gasteiger partial charge in [0.2, 0.25) is 0 Å². The molecule has 0 fully saturated rings. The number of carboxylic acids is 1. The molecule has 2 atom stereocenters. The molecule has 0 saturated carbocycles. The molecule has 5 nitrogen and oxygen atoms in total. The minimum atomic E-state index is -0.954. The van der Waals surface area contributed by atoms with E-state index in [-0.39, 0.29) is 6.04 Å². The van der Waals surface area contributed by atoms with Crippen LogP contribution in [0.5, 0.6) is 5.75 Å². The molecule has 0 heterocycles. The highest BCUT2D eigenvalue weighted by Gasteiger charge is 2.27. The second-order valence-electron chi connectivity index (χ2n) is 10.3. The molecule has 38 heavy (non-hydrogen) atoms. The summed E-state index contributed by atoms with van der Waals surface area (Å²) < 4.78 is 11.2. The molecule has 0 saturated heterocycles. The van der Waals surface area contributed by atoms with E-state index < -0.39 is 12.1 Å². The zero-order valence-corrected chi connectivity index (χ0v) is 23.2. The molecule has 3 aromatic rings. The molecular weight excluding hydrogens is 474 g/mol. The molecule has 2 unspecified atom stereocenters. The maximum absolute atomic E-state index is 11.2. The molecule has 0 aromatic heterocycles. The quantitative estimate of drug-likeness (QED) is 0.319. The van der Waals surface area contributed by atoms with Gasteiger partial charge in [0.05, 0.1) is 6.04 Å². The summed E-state index contributed by atoms with van der Waals surface area (Å²) in [5.74, 6) is -0.171. The summed E-state index contributed by atoms with van der Waals surface area (Å²) in [4.78, 5) is 13.7. The Hall–Kier alpha value is -3.15. The molecule has 0 spiro atoms. The topological polar surface area (TPSA) is 59.0 Å². The Bertz CT molecular complexity index is 1220. The molecule has 0 bridgehead atoms. The van der Waals surface area contributed by atoms with Crippen LogP contribution in [0.4, 0.5) is 0 Å². The normalized spacial score (nSPS) is 15.4. The third kappa shape index (κ3) is 6.64. The Balaban J connectivity index is 1.49. The van der Waals surface area contributed by atoms with Crippen molar-refractivity contribution in [1.82, 2.24) is 4.90 Å². The Morgan fingerprint density at radius 3 is 2.34 bits per heavy atom. The van der Waals surface area contributed by atoms with Crippen LogP contribution in [0, 0.1) is 0 Å². The van der Waals surface area contributed by atoms with Gasteiger partial charge in [-0.3, -0.25) is 4.90 Å². The first kappa shape index (κ1) is 27.9. The number of hydrogen-bond acceptors (Lipinski definition) is 4. The van der Waals surface area contributed by atoms with Crippen molar-refractivity contribution < 1.29 is 19.4 Å². The number of carbonyl (C=O) groups is 1. The Labute approximate surface area is 227 Å². The average molecular weight is 516 g/mol. The maximum atomic E-state index is 11.2. The lowest BCUT2D eigenvalue weighted by Crippen LogP contribution is -2.30. The molecule has 1 aliphatic carbocycles. The van der Waals surface area contributed by atoms with E-state index in [1.165, 1.54) is 40.5 Å². The summed E-state index contributed by atoms with van der Waals surface area (Å²) in [6.07, 6.45) is 4.94. The summed E-state index contributed by atoms with van der Waals surface area (Å²) in [5.41, 5.74) is 9.46. The zero-order valence-electron chi connectivity index (χ0n) is 23.2. The van der Waals surface area contributed by atoms with Crippen molar-refractivity contribution in [3.63, 3.8) is 0 Å². The molecule has 202 valence electrons. The molecule has 0 amide bonds. The highest BCUT2D eigenvalue weighted by Crippen LogP contribution is 2.37. The third-order valence-corrected chi connectivity index (χ3v) is 7.68. The summed E-state index contributed by atoms with van der Waals surface area (Å²) >= 11 is 0. The van der Waals surface area contributed by atoms with Crippen LogP contribution in [-0.2, 0) is 41.6 Å². The van der Waals surface area contributed by atoms with Crippen molar-refractivity contribution in [3.8, 4) is 5.75 Å². The van der Waals surface area contributed by atoms with Gasteiger partial charge in [0.15, 0.2) is 6.10 Å². The standard InChI is InChI=1S/C33H41NO4/c1-5-7-24-11-17-29-27(20-24)14-13-26-12-8-23(6-2)21-30(26)32(29)34(3)18-19-38-28-15-9-25(10-16-28)22-31(37-4)33(35)36/h8-12,15-17,20-21,31-32H,5-7,13-14,18-19,22H2,1-4H3,(H,35,36). The Morgan fingerprint density at radius 2 is 1.66 bits per heavy atom. The van der Waals surface area contributed by atoms with E-state index in [4.69, 9.17) is 9.47 Å². The number of fused-ring (bicyclic) bond motifs is 2. The number of rotatable bonds is 12. The second kappa shape index (κ2) is 13.1. The van der Waals surface area contributed by atoms with Crippen LogP contribution in [-0.4, -0.2) is 49.4 Å². The summed E-state index contributed by atoms with van der Waals surface area (Å²) in [6, 6.07) is 22.0. The average Bonchev–Trinajstić information content (AvgIpc) is 3.08. The van der Waals surface area contributed by atoms with Crippen LogP contribution in [0.3, 0.4) is 0 Å². The van der Waals surface area contributed by atoms with Gasteiger partial charge in [0.1, 0.15) is 12.4 Å². The van der Waals surface area contributed by atoms with E-state index in [0.717, 1.165) is 50.0 Å². The van der Waals surface area contributed by atoms with Gasteiger partial charge >= 0.3 is 5.97 Å². The minimum Gasteiger partial charge on any atom is -0.492 e.